The van der Waals surface area contributed by atoms with Gasteiger partial charge in [0.05, 0.1) is 7.11 Å². The fraction of sp³-hybridized carbons (Fsp3) is 0.200. The van der Waals surface area contributed by atoms with E-state index >= 15 is 0 Å². The fourth-order valence-corrected chi connectivity index (χ4v) is 2.21. The highest BCUT2D eigenvalue weighted by molar-refractivity contribution is 6.31. The Kier molecular flexibility index (Phi) is 4.57. The van der Waals surface area contributed by atoms with E-state index in [0.29, 0.717) is 23.3 Å². The summed E-state index contributed by atoms with van der Waals surface area (Å²) in [5.41, 5.74) is 7.04. The molecule has 0 aliphatic heterocycles. The van der Waals surface area contributed by atoms with Crippen LogP contribution in [-0.2, 0) is 6.42 Å². The zero-order chi connectivity index (χ0) is 14.7. The molecule has 0 spiro atoms. The first kappa shape index (κ1) is 14.8. The number of rotatable bonds is 4. The maximum absolute atomic E-state index is 13.9. The van der Waals surface area contributed by atoms with Crippen LogP contribution in [0.1, 0.15) is 17.2 Å². The Bertz CT molecular complexity index is 619. The number of halogens is 3. The second-order valence-electron chi connectivity index (χ2n) is 4.43. The van der Waals surface area contributed by atoms with E-state index in [1.54, 1.807) is 18.2 Å². The number of hydrogen-bond acceptors (Lipinski definition) is 2. The van der Waals surface area contributed by atoms with Crippen LogP contribution in [0.15, 0.2) is 36.4 Å². The molecule has 0 radical (unpaired) electrons. The van der Waals surface area contributed by atoms with Crippen molar-refractivity contribution in [1.82, 2.24) is 0 Å². The molecule has 0 heterocycles. The molecular formula is C15H14ClF2NO. The van der Waals surface area contributed by atoms with E-state index in [2.05, 4.69) is 0 Å². The molecule has 1 atom stereocenters. The van der Waals surface area contributed by atoms with Crippen LogP contribution in [0.5, 0.6) is 5.75 Å². The molecule has 0 saturated heterocycles. The summed E-state index contributed by atoms with van der Waals surface area (Å²) >= 11 is 5.94. The van der Waals surface area contributed by atoms with Crippen molar-refractivity contribution in [2.75, 3.05) is 7.11 Å². The Balaban J connectivity index is 2.21. The van der Waals surface area contributed by atoms with Gasteiger partial charge in [-0.2, -0.15) is 0 Å². The standard InChI is InChI=1S/C15H14ClF2NO/c1-20-11-4-5-12(14(18)8-11)15(19)6-9-2-3-10(17)7-13(9)16/h2-5,7-8,15H,6,19H2,1H3. The van der Waals surface area contributed by atoms with Crippen LogP contribution in [0.4, 0.5) is 8.78 Å². The van der Waals surface area contributed by atoms with E-state index in [9.17, 15) is 8.78 Å². The van der Waals surface area contributed by atoms with E-state index in [1.165, 1.54) is 25.3 Å². The molecule has 1 unspecified atom stereocenters. The maximum atomic E-state index is 13.9. The van der Waals surface area contributed by atoms with Gasteiger partial charge < -0.3 is 10.5 Å². The lowest BCUT2D eigenvalue weighted by atomic mass is 9.99. The van der Waals surface area contributed by atoms with E-state index < -0.39 is 17.7 Å². The monoisotopic (exact) mass is 297 g/mol. The summed E-state index contributed by atoms with van der Waals surface area (Å²) in [6.45, 7) is 0. The Morgan fingerprint density at radius 3 is 2.55 bits per heavy atom. The normalized spacial score (nSPS) is 12.2. The van der Waals surface area contributed by atoms with Gasteiger partial charge in [-0.3, -0.25) is 0 Å². The minimum Gasteiger partial charge on any atom is -0.497 e. The highest BCUT2D eigenvalue weighted by atomic mass is 35.5. The number of methoxy groups -OCH3 is 1. The molecule has 0 aliphatic carbocycles. The van der Waals surface area contributed by atoms with E-state index in [0.717, 1.165) is 0 Å². The third kappa shape index (κ3) is 3.26. The molecule has 106 valence electrons. The highest BCUT2D eigenvalue weighted by Crippen LogP contribution is 2.26. The van der Waals surface area contributed by atoms with Crippen molar-refractivity contribution in [1.29, 1.82) is 0 Å². The first-order valence-electron chi connectivity index (χ1n) is 6.04. The lowest BCUT2D eigenvalue weighted by Gasteiger charge is -2.15. The van der Waals surface area contributed by atoms with Gasteiger partial charge in [0.2, 0.25) is 0 Å². The minimum absolute atomic E-state index is 0.286. The Morgan fingerprint density at radius 1 is 1.20 bits per heavy atom. The van der Waals surface area contributed by atoms with Gasteiger partial charge in [-0.1, -0.05) is 23.7 Å². The zero-order valence-corrected chi connectivity index (χ0v) is 11.6. The van der Waals surface area contributed by atoms with Gasteiger partial charge in [-0.05, 0) is 30.2 Å². The van der Waals surface area contributed by atoms with Gasteiger partial charge in [-0.15, -0.1) is 0 Å². The Hall–Kier alpha value is -1.65. The minimum atomic E-state index is -0.566. The predicted octanol–water partition coefficient (Wildman–Crippen LogP) is 3.87. The number of ether oxygens (including phenoxy) is 1. The van der Waals surface area contributed by atoms with Crippen molar-refractivity contribution in [3.05, 3.63) is 64.2 Å². The molecule has 2 rings (SSSR count). The molecule has 2 N–H and O–H groups in total. The summed E-state index contributed by atoms with van der Waals surface area (Å²) < 4.78 is 31.8. The average molecular weight is 298 g/mol. The molecule has 0 aromatic heterocycles. The Morgan fingerprint density at radius 2 is 1.95 bits per heavy atom. The molecule has 0 fully saturated rings. The van der Waals surface area contributed by atoms with Crippen LogP contribution in [-0.4, -0.2) is 7.11 Å². The molecule has 0 bridgehead atoms. The van der Waals surface area contributed by atoms with Crippen LogP contribution >= 0.6 is 11.6 Å². The van der Waals surface area contributed by atoms with E-state index in [4.69, 9.17) is 22.1 Å². The van der Waals surface area contributed by atoms with Crippen molar-refractivity contribution in [3.8, 4) is 5.75 Å². The second kappa shape index (κ2) is 6.20. The maximum Gasteiger partial charge on any atom is 0.131 e. The smallest absolute Gasteiger partial charge is 0.131 e. The lowest BCUT2D eigenvalue weighted by molar-refractivity contribution is 0.410. The molecule has 2 aromatic rings. The third-order valence-electron chi connectivity index (χ3n) is 3.06. The van der Waals surface area contributed by atoms with Crippen molar-refractivity contribution in [2.24, 2.45) is 5.73 Å². The molecule has 0 amide bonds. The molecular weight excluding hydrogens is 284 g/mol. The van der Waals surface area contributed by atoms with Crippen molar-refractivity contribution in [3.63, 3.8) is 0 Å². The topological polar surface area (TPSA) is 35.2 Å². The van der Waals surface area contributed by atoms with Gasteiger partial charge >= 0.3 is 0 Å². The van der Waals surface area contributed by atoms with Gasteiger partial charge in [-0.25, -0.2) is 8.78 Å². The van der Waals surface area contributed by atoms with Crippen molar-refractivity contribution < 1.29 is 13.5 Å². The summed E-state index contributed by atoms with van der Waals surface area (Å²) in [6, 6.07) is 8.01. The van der Waals surface area contributed by atoms with Gasteiger partial charge in [0.25, 0.3) is 0 Å². The number of nitrogens with two attached hydrogens (primary N) is 1. The first-order valence-corrected chi connectivity index (χ1v) is 6.42. The quantitative estimate of drug-likeness (QED) is 0.930. The fourth-order valence-electron chi connectivity index (χ4n) is 1.97. The molecule has 20 heavy (non-hydrogen) atoms. The van der Waals surface area contributed by atoms with Crippen molar-refractivity contribution in [2.45, 2.75) is 12.5 Å². The van der Waals surface area contributed by atoms with Gasteiger partial charge in [0.15, 0.2) is 0 Å². The van der Waals surface area contributed by atoms with E-state index in [1.807, 2.05) is 0 Å². The highest BCUT2D eigenvalue weighted by Gasteiger charge is 2.14. The van der Waals surface area contributed by atoms with Crippen LogP contribution in [0.2, 0.25) is 5.02 Å². The molecule has 0 saturated carbocycles. The number of benzene rings is 2. The average Bonchev–Trinajstić information content (AvgIpc) is 2.41. The van der Waals surface area contributed by atoms with Crippen LogP contribution < -0.4 is 10.5 Å². The largest absolute Gasteiger partial charge is 0.497 e. The summed E-state index contributed by atoms with van der Waals surface area (Å²) in [6.07, 6.45) is 0.322. The zero-order valence-electron chi connectivity index (χ0n) is 10.9. The molecule has 0 aliphatic rings. The molecule has 2 aromatic carbocycles. The summed E-state index contributed by atoms with van der Waals surface area (Å²) in [5, 5.41) is 0.286. The van der Waals surface area contributed by atoms with E-state index in [-0.39, 0.29) is 5.02 Å². The summed E-state index contributed by atoms with van der Waals surface area (Å²) in [7, 11) is 1.46. The molecule has 5 heteroatoms. The van der Waals surface area contributed by atoms with Crippen LogP contribution in [0.25, 0.3) is 0 Å². The van der Waals surface area contributed by atoms with Gasteiger partial charge in [0, 0.05) is 22.7 Å². The summed E-state index contributed by atoms with van der Waals surface area (Å²) in [4.78, 5) is 0. The van der Waals surface area contributed by atoms with Crippen LogP contribution in [0, 0.1) is 11.6 Å². The SMILES string of the molecule is COc1ccc(C(N)Cc2ccc(F)cc2Cl)c(F)c1. The first-order chi connectivity index (χ1) is 9.51. The lowest BCUT2D eigenvalue weighted by Crippen LogP contribution is -2.15. The van der Waals surface area contributed by atoms with Gasteiger partial charge in [0.1, 0.15) is 17.4 Å². The summed E-state index contributed by atoms with van der Waals surface area (Å²) in [5.74, 6) is -0.420. The number of hydrogen-bond donors (Lipinski definition) is 1. The second-order valence-corrected chi connectivity index (χ2v) is 4.84. The predicted molar refractivity (Wildman–Crippen MR) is 75.0 cm³/mol. The third-order valence-corrected chi connectivity index (χ3v) is 3.41. The Labute approximate surface area is 121 Å². The van der Waals surface area contributed by atoms with Crippen molar-refractivity contribution >= 4 is 11.6 Å². The molecule has 2 nitrogen and oxygen atoms in total. The van der Waals surface area contributed by atoms with Crippen LogP contribution in [0.3, 0.4) is 0 Å².